The number of nitrogens with zero attached hydrogens (tertiary/aromatic N) is 2. The molecule has 0 amide bonds. The van der Waals surface area contributed by atoms with Gasteiger partial charge in [-0.1, -0.05) is 0 Å². The lowest BCUT2D eigenvalue weighted by Gasteiger charge is -2.30. The fourth-order valence-corrected chi connectivity index (χ4v) is 5.38. The van der Waals surface area contributed by atoms with Crippen molar-refractivity contribution in [3.63, 3.8) is 0 Å². The summed E-state index contributed by atoms with van der Waals surface area (Å²) in [5.74, 6) is -1.22. The van der Waals surface area contributed by atoms with Crippen LogP contribution in [0, 0.1) is 6.92 Å². The van der Waals surface area contributed by atoms with E-state index in [2.05, 4.69) is 9.97 Å². The van der Waals surface area contributed by atoms with E-state index in [9.17, 15) is 18.3 Å². The van der Waals surface area contributed by atoms with Crippen LogP contribution in [0.5, 0.6) is 0 Å². The molecule has 9 heteroatoms. The Balaban J connectivity index is 2.08. The van der Waals surface area contributed by atoms with Crippen molar-refractivity contribution in [2.24, 2.45) is 0 Å². The lowest BCUT2D eigenvalue weighted by molar-refractivity contribution is -0.142. The zero-order valence-corrected chi connectivity index (χ0v) is 12.7. The van der Waals surface area contributed by atoms with E-state index in [1.165, 1.54) is 12.4 Å². The van der Waals surface area contributed by atoms with Crippen LogP contribution in [0.3, 0.4) is 0 Å². The maximum atomic E-state index is 12.7. The Kier molecular flexibility index (Phi) is 3.34. The summed E-state index contributed by atoms with van der Waals surface area (Å²) in [6.07, 6.45) is 1.81. The molecule has 0 saturated heterocycles. The first kappa shape index (κ1) is 14.2. The van der Waals surface area contributed by atoms with E-state index in [0.717, 1.165) is 20.5 Å². The smallest absolute Gasteiger partial charge is 0.328 e. The second kappa shape index (κ2) is 4.93. The van der Waals surface area contributed by atoms with Crippen molar-refractivity contribution in [3.8, 4) is 0 Å². The van der Waals surface area contributed by atoms with Gasteiger partial charge in [-0.15, -0.1) is 11.3 Å². The number of H-pyrrole nitrogens is 1. The van der Waals surface area contributed by atoms with Crippen LogP contribution in [0.1, 0.15) is 22.3 Å². The number of carboxylic acids is 1. The minimum absolute atomic E-state index is 0.117. The van der Waals surface area contributed by atoms with Gasteiger partial charge in [-0.3, -0.25) is 4.79 Å². The summed E-state index contributed by atoms with van der Waals surface area (Å²) in [6, 6.07) is 1.93. The molecule has 2 N–H and O–H groups in total. The third-order valence-corrected chi connectivity index (χ3v) is 6.73. The molecule has 21 heavy (non-hydrogen) atoms. The Morgan fingerprint density at radius 2 is 2.29 bits per heavy atom. The van der Waals surface area contributed by atoms with Crippen LogP contribution >= 0.6 is 11.3 Å². The normalized spacial score (nSPS) is 19.4. The summed E-state index contributed by atoms with van der Waals surface area (Å²) < 4.78 is 26.5. The number of sulfonamides is 1. The molecule has 1 atom stereocenters. The Morgan fingerprint density at radius 3 is 2.90 bits per heavy atom. The lowest BCUT2D eigenvalue weighted by atomic mass is 10.1. The number of aliphatic carboxylic acids is 1. The third kappa shape index (κ3) is 2.27. The van der Waals surface area contributed by atoms with Gasteiger partial charge in [0.2, 0.25) is 0 Å². The maximum Gasteiger partial charge on any atom is 0.328 e. The Hall–Kier alpha value is -1.71. The van der Waals surface area contributed by atoms with Gasteiger partial charge in [-0.25, -0.2) is 13.4 Å². The number of fused-ring (bicyclic) bond motifs is 1. The summed E-state index contributed by atoms with van der Waals surface area (Å²) in [6.45, 7) is 1.92. The van der Waals surface area contributed by atoms with Gasteiger partial charge in [0.25, 0.3) is 10.0 Å². The monoisotopic (exact) mass is 327 g/mol. The van der Waals surface area contributed by atoms with Crippen LogP contribution in [-0.2, 0) is 21.2 Å². The molecule has 0 aliphatic carbocycles. The van der Waals surface area contributed by atoms with Crippen molar-refractivity contribution in [3.05, 3.63) is 34.7 Å². The summed E-state index contributed by atoms with van der Waals surface area (Å²) in [5, 5.41) is 9.43. The van der Waals surface area contributed by atoms with Crippen molar-refractivity contribution >= 4 is 27.3 Å². The fraction of sp³-hybridized carbons (Fsp3) is 0.333. The van der Waals surface area contributed by atoms with Gasteiger partial charge in [0.15, 0.2) is 6.04 Å². The fourth-order valence-electron chi connectivity index (χ4n) is 2.42. The van der Waals surface area contributed by atoms with Gasteiger partial charge in [0.1, 0.15) is 4.21 Å². The maximum absolute atomic E-state index is 12.7. The topological polar surface area (TPSA) is 103 Å². The Labute approximate surface area is 125 Å². The number of imidazole rings is 1. The number of hydrogen-bond acceptors (Lipinski definition) is 5. The van der Waals surface area contributed by atoms with Crippen molar-refractivity contribution in [1.82, 2.24) is 14.3 Å². The molecule has 0 saturated carbocycles. The molecule has 0 radical (unpaired) electrons. The number of hydrogen-bond donors (Lipinski definition) is 2. The highest BCUT2D eigenvalue weighted by Crippen LogP contribution is 2.34. The van der Waals surface area contributed by atoms with Crippen molar-refractivity contribution in [2.75, 3.05) is 6.54 Å². The molecular formula is C12H13N3O4S2. The SMILES string of the molecule is Cc1ccc(S(=O)(=O)N2CCc3[nH]cnc3C2C(=O)O)s1. The van der Waals surface area contributed by atoms with Gasteiger partial charge >= 0.3 is 5.97 Å². The Bertz CT molecular complexity index is 793. The third-order valence-electron chi connectivity index (χ3n) is 3.39. The largest absolute Gasteiger partial charge is 0.480 e. The molecule has 0 fully saturated rings. The van der Waals surface area contributed by atoms with Gasteiger partial charge < -0.3 is 10.1 Å². The molecule has 0 aromatic carbocycles. The van der Waals surface area contributed by atoms with Gasteiger partial charge in [0, 0.05) is 23.5 Å². The highest BCUT2D eigenvalue weighted by molar-refractivity contribution is 7.91. The average molecular weight is 327 g/mol. The molecule has 3 rings (SSSR count). The van der Waals surface area contributed by atoms with E-state index >= 15 is 0 Å². The minimum Gasteiger partial charge on any atom is -0.480 e. The van der Waals surface area contributed by atoms with E-state index in [1.807, 2.05) is 0 Å². The number of nitrogens with one attached hydrogen (secondary N) is 1. The second-order valence-electron chi connectivity index (χ2n) is 4.74. The summed E-state index contributed by atoms with van der Waals surface area (Å²) in [5.41, 5.74) is 0.946. The summed E-state index contributed by atoms with van der Waals surface area (Å²) in [7, 11) is -3.84. The first-order chi connectivity index (χ1) is 9.91. The molecular weight excluding hydrogens is 314 g/mol. The molecule has 7 nitrogen and oxygen atoms in total. The molecule has 1 unspecified atom stereocenters. The molecule has 112 valence electrons. The predicted octanol–water partition coefficient (Wildman–Crippen LogP) is 1.15. The average Bonchev–Trinajstić information content (AvgIpc) is 3.05. The summed E-state index contributed by atoms with van der Waals surface area (Å²) >= 11 is 1.13. The summed E-state index contributed by atoms with van der Waals surface area (Å²) in [4.78, 5) is 19.3. The van der Waals surface area contributed by atoms with Crippen molar-refractivity contribution in [1.29, 1.82) is 0 Å². The standard InChI is InChI=1S/C12H13N3O4S2/c1-7-2-3-9(20-7)21(18,19)15-5-4-8-10(14-6-13-8)11(15)12(16)17/h2-3,6,11H,4-5H2,1H3,(H,13,14)(H,16,17). The number of carboxylic acid groups (broad SMARTS) is 1. The van der Waals surface area contributed by atoms with E-state index in [-0.39, 0.29) is 16.4 Å². The van der Waals surface area contributed by atoms with Crippen LogP contribution in [0.15, 0.2) is 22.7 Å². The molecule has 2 aromatic heterocycles. The number of aryl methyl sites for hydroxylation is 1. The van der Waals surface area contributed by atoms with Crippen LogP contribution in [0.2, 0.25) is 0 Å². The lowest BCUT2D eigenvalue weighted by Crippen LogP contribution is -2.43. The number of aromatic amines is 1. The van der Waals surface area contributed by atoms with Crippen LogP contribution in [0.25, 0.3) is 0 Å². The van der Waals surface area contributed by atoms with Crippen LogP contribution in [0.4, 0.5) is 0 Å². The molecule has 1 aliphatic heterocycles. The molecule has 3 heterocycles. The highest BCUT2D eigenvalue weighted by Gasteiger charge is 2.42. The van der Waals surface area contributed by atoms with Crippen molar-refractivity contribution < 1.29 is 18.3 Å². The molecule has 2 aromatic rings. The number of thiophene rings is 1. The van der Waals surface area contributed by atoms with Crippen molar-refractivity contribution in [2.45, 2.75) is 23.6 Å². The molecule has 0 spiro atoms. The number of aromatic nitrogens is 2. The van der Waals surface area contributed by atoms with Gasteiger partial charge in [-0.2, -0.15) is 4.31 Å². The van der Waals surface area contributed by atoms with Crippen LogP contribution < -0.4 is 0 Å². The second-order valence-corrected chi connectivity index (χ2v) is 8.14. The highest BCUT2D eigenvalue weighted by atomic mass is 32.2. The van der Waals surface area contributed by atoms with E-state index in [1.54, 1.807) is 13.0 Å². The predicted molar refractivity (Wildman–Crippen MR) is 75.6 cm³/mol. The van der Waals surface area contributed by atoms with Gasteiger partial charge in [-0.05, 0) is 19.1 Å². The van der Waals surface area contributed by atoms with E-state index in [0.29, 0.717) is 12.1 Å². The molecule has 0 bridgehead atoms. The van der Waals surface area contributed by atoms with E-state index in [4.69, 9.17) is 0 Å². The van der Waals surface area contributed by atoms with Crippen LogP contribution in [-0.4, -0.2) is 40.3 Å². The molecule has 1 aliphatic rings. The quantitative estimate of drug-likeness (QED) is 0.880. The first-order valence-corrected chi connectivity index (χ1v) is 8.50. The van der Waals surface area contributed by atoms with E-state index < -0.39 is 22.0 Å². The number of rotatable bonds is 3. The zero-order valence-electron chi connectivity index (χ0n) is 11.1. The Morgan fingerprint density at radius 1 is 1.52 bits per heavy atom. The van der Waals surface area contributed by atoms with Gasteiger partial charge in [0.05, 0.1) is 12.0 Å². The zero-order chi connectivity index (χ0) is 15.2. The number of carbonyl (C=O) groups is 1. The minimum atomic E-state index is -3.84. The first-order valence-electron chi connectivity index (χ1n) is 6.24.